The van der Waals surface area contributed by atoms with E-state index < -0.39 is 0 Å². The molecular weight excluding hydrogens is 254 g/mol. The Morgan fingerprint density at radius 3 is 2.95 bits per heavy atom. The molecule has 0 bridgehead atoms. The highest BCUT2D eigenvalue weighted by atomic mass is 16.5. The number of aromatic amines is 1. The lowest BCUT2D eigenvalue weighted by Gasteiger charge is -2.04. The Labute approximate surface area is 116 Å². The number of H-pyrrole nitrogens is 1. The van der Waals surface area contributed by atoms with Gasteiger partial charge in [0.1, 0.15) is 18.0 Å². The van der Waals surface area contributed by atoms with Crippen molar-refractivity contribution in [3.05, 3.63) is 47.3 Å². The lowest BCUT2D eigenvalue weighted by Crippen LogP contribution is -2.07. The van der Waals surface area contributed by atoms with Gasteiger partial charge in [-0.2, -0.15) is 0 Å². The molecule has 0 spiro atoms. The van der Waals surface area contributed by atoms with Gasteiger partial charge in [0.05, 0.1) is 6.54 Å². The van der Waals surface area contributed by atoms with Gasteiger partial charge in [0.15, 0.2) is 0 Å². The molecule has 5 nitrogen and oxygen atoms in total. The van der Waals surface area contributed by atoms with E-state index in [1.807, 2.05) is 44.3 Å². The number of nitrogens with zero attached hydrogens (tertiary/aromatic N) is 1. The molecule has 0 saturated heterocycles. The summed E-state index contributed by atoms with van der Waals surface area (Å²) in [5.74, 6) is 1.50. The molecule has 104 valence electrons. The van der Waals surface area contributed by atoms with Crippen LogP contribution in [0.4, 0.5) is 0 Å². The van der Waals surface area contributed by atoms with Gasteiger partial charge in [-0.1, -0.05) is 18.2 Å². The number of hydrogen-bond donors (Lipinski definition) is 2. The van der Waals surface area contributed by atoms with Crippen LogP contribution < -0.4 is 10.1 Å². The Morgan fingerprint density at radius 2 is 2.20 bits per heavy atom. The van der Waals surface area contributed by atoms with Crippen LogP contribution >= 0.6 is 0 Å². The molecule has 0 aliphatic heterocycles. The summed E-state index contributed by atoms with van der Waals surface area (Å²) in [7, 11) is 1.90. The van der Waals surface area contributed by atoms with E-state index in [1.54, 1.807) is 0 Å². The van der Waals surface area contributed by atoms with Crippen LogP contribution in [-0.2, 0) is 13.2 Å². The molecule has 3 rings (SSSR count). The molecule has 0 radical (unpaired) electrons. The number of nitrogens with one attached hydrogen (secondary N) is 2. The second-order valence-corrected chi connectivity index (χ2v) is 4.71. The zero-order valence-electron chi connectivity index (χ0n) is 11.6. The van der Waals surface area contributed by atoms with Crippen molar-refractivity contribution in [2.75, 3.05) is 7.05 Å². The average molecular weight is 271 g/mol. The summed E-state index contributed by atoms with van der Waals surface area (Å²) in [5, 5.41) is 11.1. The summed E-state index contributed by atoms with van der Waals surface area (Å²) >= 11 is 0. The first-order chi connectivity index (χ1) is 9.78. The van der Waals surface area contributed by atoms with Crippen LogP contribution in [0.3, 0.4) is 0 Å². The Bertz CT molecular complexity index is 715. The number of ether oxygens (including phenoxy) is 1. The Morgan fingerprint density at radius 1 is 1.35 bits per heavy atom. The van der Waals surface area contributed by atoms with Gasteiger partial charge < -0.3 is 14.5 Å². The minimum absolute atomic E-state index is 0.443. The van der Waals surface area contributed by atoms with Crippen LogP contribution in [0.15, 0.2) is 34.7 Å². The van der Waals surface area contributed by atoms with E-state index in [0.717, 1.165) is 28.0 Å². The van der Waals surface area contributed by atoms with Crippen LogP contribution in [0.25, 0.3) is 11.0 Å². The van der Waals surface area contributed by atoms with Gasteiger partial charge in [0.25, 0.3) is 0 Å². The second kappa shape index (κ2) is 5.38. The van der Waals surface area contributed by atoms with Gasteiger partial charge in [0, 0.05) is 22.7 Å². The number of hydrogen-bond acceptors (Lipinski definition) is 4. The molecule has 1 aromatic carbocycles. The highest BCUT2D eigenvalue weighted by molar-refractivity contribution is 5.82. The zero-order chi connectivity index (χ0) is 13.9. The third kappa shape index (κ3) is 2.40. The molecule has 5 heteroatoms. The molecular formula is C15H17N3O2. The predicted molar refractivity (Wildman–Crippen MR) is 76.6 cm³/mol. The summed E-state index contributed by atoms with van der Waals surface area (Å²) in [6.07, 6.45) is 0. The number of rotatable bonds is 5. The zero-order valence-corrected chi connectivity index (χ0v) is 11.6. The second-order valence-electron chi connectivity index (χ2n) is 4.71. The molecule has 0 saturated carbocycles. The first kappa shape index (κ1) is 12.7. The SMILES string of the molecule is CNCc1oc2ccccc2c1COc1cc(C)[nH]n1. The molecule has 0 unspecified atom stereocenters. The molecule has 2 N–H and O–H groups in total. The fourth-order valence-electron chi connectivity index (χ4n) is 2.22. The van der Waals surface area contributed by atoms with Gasteiger partial charge >= 0.3 is 0 Å². The fraction of sp³-hybridized carbons (Fsp3) is 0.267. The summed E-state index contributed by atoms with van der Waals surface area (Å²) in [5.41, 5.74) is 2.93. The van der Waals surface area contributed by atoms with Crippen LogP contribution in [0.2, 0.25) is 0 Å². The van der Waals surface area contributed by atoms with Gasteiger partial charge in [-0.05, 0) is 20.0 Å². The van der Waals surface area contributed by atoms with Crippen LogP contribution in [0, 0.1) is 6.92 Å². The minimum atomic E-state index is 0.443. The summed E-state index contributed by atoms with van der Waals surface area (Å²) in [6, 6.07) is 9.86. The number of benzene rings is 1. The van der Waals surface area contributed by atoms with Gasteiger partial charge in [-0.15, -0.1) is 5.10 Å². The number of furan rings is 1. The van der Waals surface area contributed by atoms with Crippen LogP contribution in [0.1, 0.15) is 17.0 Å². The summed E-state index contributed by atoms with van der Waals surface area (Å²) < 4.78 is 11.6. The molecule has 0 aliphatic rings. The van der Waals surface area contributed by atoms with E-state index in [-0.39, 0.29) is 0 Å². The molecule has 2 aromatic heterocycles. The Hall–Kier alpha value is -2.27. The van der Waals surface area contributed by atoms with E-state index in [0.29, 0.717) is 19.0 Å². The van der Waals surface area contributed by atoms with E-state index >= 15 is 0 Å². The first-order valence-corrected chi connectivity index (χ1v) is 6.56. The monoisotopic (exact) mass is 271 g/mol. The average Bonchev–Trinajstić information content (AvgIpc) is 3.00. The highest BCUT2D eigenvalue weighted by Crippen LogP contribution is 2.27. The lowest BCUT2D eigenvalue weighted by molar-refractivity contribution is 0.290. The maximum Gasteiger partial charge on any atom is 0.233 e. The first-order valence-electron chi connectivity index (χ1n) is 6.56. The van der Waals surface area contributed by atoms with Crippen molar-refractivity contribution < 1.29 is 9.15 Å². The third-order valence-electron chi connectivity index (χ3n) is 3.17. The molecule has 0 aliphatic carbocycles. The molecule has 3 aromatic rings. The van der Waals surface area contributed by atoms with E-state index in [9.17, 15) is 0 Å². The van der Waals surface area contributed by atoms with E-state index in [1.165, 1.54) is 0 Å². The van der Waals surface area contributed by atoms with Crippen molar-refractivity contribution in [1.82, 2.24) is 15.5 Å². The Balaban J connectivity index is 1.90. The largest absolute Gasteiger partial charge is 0.472 e. The fourth-order valence-corrected chi connectivity index (χ4v) is 2.22. The number of para-hydroxylation sites is 1. The normalized spacial score (nSPS) is 11.1. The van der Waals surface area contributed by atoms with Gasteiger partial charge in [-0.25, -0.2) is 0 Å². The molecule has 2 heterocycles. The van der Waals surface area contributed by atoms with Crippen molar-refractivity contribution in [1.29, 1.82) is 0 Å². The highest BCUT2D eigenvalue weighted by Gasteiger charge is 2.14. The molecule has 0 fully saturated rings. The van der Waals surface area contributed by atoms with Crippen molar-refractivity contribution >= 4 is 11.0 Å². The number of aryl methyl sites for hydroxylation is 1. The third-order valence-corrected chi connectivity index (χ3v) is 3.17. The van der Waals surface area contributed by atoms with E-state index in [2.05, 4.69) is 15.5 Å². The molecule has 0 atom stereocenters. The van der Waals surface area contributed by atoms with E-state index in [4.69, 9.17) is 9.15 Å². The topological polar surface area (TPSA) is 63.1 Å². The molecule has 0 amide bonds. The lowest BCUT2D eigenvalue weighted by atomic mass is 10.1. The Kier molecular flexibility index (Phi) is 3.43. The van der Waals surface area contributed by atoms with Crippen molar-refractivity contribution in [3.63, 3.8) is 0 Å². The minimum Gasteiger partial charge on any atom is -0.472 e. The van der Waals surface area contributed by atoms with Crippen molar-refractivity contribution in [2.24, 2.45) is 0 Å². The number of aromatic nitrogens is 2. The van der Waals surface area contributed by atoms with Gasteiger partial charge in [0.2, 0.25) is 5.88 Å². The summed E-state index contributed by atoms with van der Waals surface area (Å²) in [4.78, 5) is 0. The van der Waals surface area contributed by atoms with Crippen molar-refractivity contribution in [2.45, 2.75) is 20.1 Å². The number of fused-ring (bicyclic) bond motifs is 1. The maximum atomic E-state index is 5.86. The van der Waals surface area contributed by atoms with Crippen LogP contribution in [-0.4, -0.2) is 17.2 Å². The predicted octanol–water partition coefficient (Wildman–Crippen LogP) is 2.76. The smallest absolute Gasteiger partial charge is 0.233 e. The van der Waals surface area contributed by atoms with Crippen LogP contribution in [0.5, 0.6) is 5.88 Å². The molecule has 20 heavy (non-hydrogen) atoms. The van der Waals surface area contributed by atoms with Gasteiger partial charge in [-0.3, -0.25) is 5.10 Å². The maximum absolute atomic E-state index is 5.86. The standard InChI is InChI=1S/C15H17N3O2/c1-10-7-15(18-17-10)19-9-12-11-5-3-4-6-13(11)20-14(12)8-16-2/h3-7,16H,8-9H2,1-2H3,(H,17,18). The quantitative estimate of drug-likeness (QED) is 0.749. The van der Waals surface area contributed by atoms with Crippen molar-refractivity contribution in [3.8, 4) is 5.88 Å². The summed E-state index contributed by atoms with van der Waals surface area (Å²) in [6.45, 7) is 3.06.